The lowest BCUT2D eigenvalue weighted by molar-refractivity contribution is -0.0777. The molecule has 0 amide bonds. The summed E-state index contributed by atoms with van der Waals surface area (Å²) < 4.78 is 28.9. The van der Waals surface area contributed by atoms with Crippen LogP contribution in [-0.4, -0.2) is 9.55 Å². The number of fused-ring (bicyclic) bond motifs is 1. The second-order valence-corrected chi connectivity index (χ2v) is 9.78. The van der Waals surface area contributed by atoms with E-state index in [4.69, 9.17) is 4.98 Å². The van der Waals surface area contributed by atoms with E-state index < -0.39 is 5.82 Å². The maximum absolute atomic E-state index is 14.0. The van der Waals surface area contributed by atoms with Crippen LogP contribution in [-0.2, 0) is 17.9 Å². The van der Waals surface area contributed by atoms with Gasteiger partial charge in [-0.3, -0.25) is 9.36 Å². The lowest BCUT2D eigenvalue weighted by Crippen LogP contribution is -2.68. The summed E-state index contributed by atoms with van der Waals surface area (Å²) >= 11 is 3.50. The molecular weight excluding hydrogens is 426 g/mol. The fraction of sp³-hybridized carbons (Fsp3) is 0.364. The number of hydrogen-bond donors (Lipinski definition) is 0. The molecule has 6 heteroatoms. The second-order valence-electron chi connectivity index (χ2n) is 8.40. The van der Waals surface area contributed by atoms with Gasteiger partial charge in [0.2, 0.25) is 0 Å². The molecule has 1 heterocycles. The molecule has 2 aromatic carbocycles. The Labute approximate surface area is 169 Å². The van der Waals surface area contributed by atoms with Crippen LogP contribution in [0.1, 0.15) is 48.0 Å². The van der Waals surface area contributed by atoms with Gasteiger partial charge in [-0.25, -0.2) is 13.8 Å². The van der Waals surface area contributed by atoms with Gasteiger partial charge in [-0.05, 0) is 67.0 Å². The highest BCUT2D eigenvalue weighted by Crippen LogP contribution is 2.73. The lowest BCUT2D eigenvalue weighted by atomic mass is 9.33. The largest absolute Gasteiger partial charge is 0.299 e. The summed E-state index contributed by atoms with van der Waals surface area (Å²) in [5, 5.41) is 0.312. The quantitative estimate of drug-likeness (QED) is 0.530. The molecule has 0 spiro atoms. The van der Waals surface area contributed by atoms with Crippen LogP contribution in [0.3, 0.4) is 0 Å². The Morgan fingerprint density at radius 1 is 1.07 bits per heavy atom. The fourth-order valence-electron chi connectivity index (χ4n) is 5.28. The van der Waals surface area contributed by atoms with E-state index in [0.717, 1.165) is 30.7 Å². The van der Waals surface area contributed by atoms with E-state index in [1.165, 1.54) is 24.3 Å². The van der Waals surface area contributed by atoms with E-state index in [0.29, 0.717) is 16.5 Å². The van der Waals surface area contributed by atoms with E-state index in [-0.39, 0.29) is 27.0 Å². The predicted octanol–water partition coefficient (Wildman–Crippen LogP) is 5.04. The molecule has 0 aliphatic heterocycles. The number of rotatable bonds is 3. The van der Waals surface area contributed by atoms with Crippen molar-refractivity contribution < 1.29 is 8.78 Å². The van der Waals surface area contributed by atoms with Gasteiger partial charge in [0.05, 0.1) is 10.9 Å². The van der Waals surface area contributed by atoms with Crippen molar-refractivity contribution >= 4 is 26.8 Å². The molecule has 3 fully saturated rings. The summed E-state index contributed by atoms with van der Waals surface area (Å²) in [7, 11) is 1.72. The van der Waals surface area contributed by atoms with Crippen LogP contribution in [0.15, 0.2) is 41.2 Å². The summed E-state index contributed by atoms with van der Waals surface area (Å²) in [4.78, 5) is 17.7. The zero-order chi connectivity index (χ0) is 19.8. The normalized spacial score (nSPS) is 26.6. The van der Waals surface area contributed by atoms with Gasteiger partial charge < -0.3 is 0 Å². The van der Waals surface area contributed by atoms with Crippen LogP contribution in [0.5, 0.6) is 0 Å². The third-order valence-electron chi connectivity index (χ3n) is 6.56. The van der Waals surface area contributed by atoms with Gasteiger partial charge in [0.15, 0.2) is 0 Å². The smallest absolute Gasteiger partial charge is 0.261 e. The minimum absolute atomic E-state index is 0.0642. The zero-order valence-corrected chi connectivity index (χ0v) is 17.2. The summed E-state index contributed by atoms with van der Waals surface area (Å²) in [6.45, 7) is 1.90. The first-order valence-corrected chi connectivity index (χ1v) is 10.3. The van der Waals surface area contributed by atoms with Gasteiger partial charge in [0, 0.05) is 17.3 Å². The van der Waals surface area contributed by atoms with Crippen molar-refractivity contribution in [3.8, 4) is 0 Å². The average molecular weight is 445 g/mol. The summed E-state index contributed by atoms with van der Waals surface area (Å²) in [6.07, 6.45) is 2.70. The summed E-state index contributed by atoms with van der Waals surface area (Å²) in [5.74, 6) is 0.114. The van der Waals surface area contributed by atoms with Crippen LogP contribution < -0.4 is 5.56 Å². The second kappa shape index (κ2) is 5.72. The molecule has 6 rings (SSSR count). The van der Waals surface area contributed by atoms with Crippen LogP contribution in [0.25, 0.3) is 10.9 Å². The van der Waals surface area contributed by atoms with E-state index in [2.05, 4.69) is 15.9 Å². The number of nitrogens with zero attached hydrogens (tertiary/aromatic N) is 2. The Kier molecular flexibility index (Phi) is 3.67. The van der Waals surface area contributed by atoms with Crippen LogP contribution >= 0.6 is 15.9 Å². The molecule has 0 radical (unpaired) electrons. The van der Waals surface area contributed by atoms with E-state index in [9.17, 15) is 13.6 Å². The van der Waals surface area contributed by atoms with Gasteiger partial charge in [-0.1, -0.05) is 28.1 Å². The first kappa shape index (κ1) is 18.0. The van der Waals surface area contributed by atoms with Gasteiger partial charge in [-0.2, -0.15) is 0 Å². The Hall–Kier alpha value is -2.08. The van der Waals surface area contributed by atoms with Crippen molar-refractivity contribution in [2.24, 2.45) is 7.05 Å². The number of aromatic nitrogens is 2. The number of hydrogen-bond acceptors (Lipinski definition) is 2. The first-order chi connectivity index (χ1) is 13.2. The monoisotopic (exact) mass is 444 g/mol. The molecule has 3 saturated carbocycles. The third-order valence-corrected chi connectivity index (χ3v) is 7.06. The number of benzene rings is 2. The van der Waals surface area contributed by atoms with E-state index in [1.807, 2.05) is 19.1 Å². The molecule has 3 aliphatic carbocycles. The van der Waals surface area contributed by atoms with E-state index in [1.54, 1.807) is 11.6 Å². The van der Waals surface area contributed by atoms with Gasteiger partial charge >= 0.3 is 0 Å². The van der Waals surface area contributed by atoms with Gasteiger partial charge in [-0.15, -0.1) is 0 Å². The fourth-order valence-corrected chi connectivity index (χ4v) is 5.63. The van der Waals surface area contributed by atoms with Crippen molar-refractivity contribution in [1.82, 2.24) is 9.55 Å². The molecule has 1 unspecified atom stereocenters. The highest BCUT2D eigenvalue weighted by Gasteiger charge is 2.70. The molecule has 3 aliphatic rings. The Balaban J connectivity index is 1.59. The average Bonchev–Trinajstić information content (AvgIpc) is 2.58. The molecule has 3 nitrogen and oxygen atoms in total. The molecular formula is C22H19BrF2N2O. The topological polar surface area (TPSA) is 34.9 Å². The summed E-state index contributed by atoms with van der Waals surface area (Å²) in [6, 6.07) is 9.45. The van der Waals surface area contributed by atoms with Crippen molar-refractivity contribution in [1.29, 1.82) is 0 Å². The highest BCUT2D eigenvalue weighted by molar-refractivity contribution is 9.09. The lowest BCUT2D eigenvalue weighted by Gasteiger charge is -2.70. The molecule has 28 heavy (non-hydrogen) atoms. The predicted molar refractivity (Wildman–Crippen MR) is 108 cm³/mol. The van der Waals surface area contributed by atoms with Crippen LogP contribution in [0.2, 0.25) is 0 Å². The zero-order valence-electron chi connectivity index (χ0n) is 15.6. The molecule has 144 valence electrons. The van der Waals surface area contributed by atoms with Crippen molar-refractivity contribution in [3.05, 3.63) is 75.3 Å². The van der Waals surface area contributed by atoms with Crippen molar-refractivity contribution in [2.75, 3.05) is 0 Å². The Bertz CT molecular complexity index is 1160. The highest BCUT2D eigenvalue weighted by atomic mass is 79.9. The molecule has 0 saturated heterocycles. The Morgan fingerprint density at radius 2 is 1.71 bits per heavy atom. The number of alkyl halides is 1. The van der Waals surface area contributed by atoms with Gasteiger partial charge in [0.25, 0.3) is 5.56 Å². The minimum atomic E-state index is -0.429. The molecule has 1 atom stereocenters. The SMILES string of the molecule is CC(Br)c1cc(F)cc2c(=O)n(C)c(C34CC(c5ccc(F)cc5)(C3)C4)nc12. The number of halogens is 3. The molecule has 2 bridgehead atoms. The van der Waals surface area contributed by atoms with Crippen molar-refractivity contribution in [3.63, 3.8) is 0 Å². The third kappa shape index (κ3) is 2.30. The standard InChI is InChI=1S/C22H19BrF2N2O/c1-12(23)16-7-15(25)8-17-18(16)26-20(27(2)19(17)28)22-9-21(10-22,11-22)13-3-5-14(24)6-4-13/h3-8,12H,9-11H2,1-2H3. The van der Waals surface area contributed by atoms with E-state index >= 15 is 0 Å². The van der Waals surface area contributed by atoms with Crippen LogP contribution in [0.4, 0.5) is 8.78 Å². The van der Waals surface area contributed by atoms with Crippen molar-refractivity contribution in [2.45, 2.75) is 41.8 Å². The minimum Gasteiger partial charge on any atom is -0.299 e. The van der Waals surface area contributed by atoms with Crippen LogP contribution in [0, 0.1) is 11.6 Å². The van der Waals surface area contributed by atoms with Gasteiger partial charge in [0.1, 0.15) is 17.5 Å². The summed E-state index contributed by atoms with van der Waals surface area (Å²) in [5.41, 5.74) is 2.14. The first-order valence-electron chi connectivity index (χ1n) is 9.36. The molecule has 1 aromatic heterocycles. The maximum Gasteiger partial charge on any atom is 0.261 e. The molecule has 3 aromatic rings. The Morgan fingerprint density at radius 3 is 2.32 bits per heavy atom. The maximum atomic E-state index is 14.0. The molecule has 0 N–H and O–H groups in total.